The van der Waals surface area contributed by atoms with Crippen LogP contribution in [0.25, 0.3) is 0 Å². The van der Waals surface area contributed by atoms with E-state index in [2.05, 4.69) is 74.2 Å². The molecule has 0 saturated carbocycles. The van der Waals surface area contributed by atoms with E-state index in [0.717, 1.165) is 0 Å². The Balaban J connectivity index is 2.07. The highest BCUT2D eigenvalue weighted by molar-refractivity contribution is 6.85. The lowest BCUT2D eigenvalue weighted by Gasteiger charge is -2.16. The van der Waals surface area contributed by atoms with Crippen LogP contribution < -0.4 is 10.4 Å². The molecule has 0 fully saturated rings. The quantitative estimate of drug-likeness (QED) is 0.407. The van der Waals surface area contributed by atoms with Crippen LogP contribution in [0.4, 0.5) is 0 Å². The highest BCUT2D eigenvalue weighted by Gasteiger charge is 2.15. The number of hydrogen-bond donors (Lipinski definition) is 0. The Hall–Kier alpha value is -1.60. The SMILES string of the molecule is C=C(C)CCCC[Si](c1ccccc1)c1ccccc1. The normalized spacial score (nSPS) is 10.7. The maximum absolute atomic E-state index is 4.00. The van der Waals surface area contributed by atoms with Gasteiger partial charge in [-0.3, -0.25) is 0 Å². The monoisotopic (exact) mass is 279 g/mol. The number of rotatable bonds is 7. The van der Waals surface area contributed by atoms with Crippen LogP contribution in [0.3, 0.4) is 0 Å². The third-order valence-corrected chi connectivity index (χ3v) is 6.44. The summed E-state index contributed by atoms with van der Waals surface area (Å²) in [5.41, 5.74) is 1.30. The van der Waals surface area contributed by atoms with Crippen molar-refractivity contribution in [1.29, 1.82) is 0 Å². The number of hydrogen-bond acceptors (Lipinski definition) is 0. The van der Waals surface area contributed by atoms with Crippen LogP contribution in [0, 0.1) is 0 Å². The smallest absolute Gasteiger partial charge is 0.100 e. The maximum Gasteiger partial charge on any atom is 0.121 e. The minimum atomic E-state index is -0.627. The molecule has 2 rings (SSSR count). The topological polar surface area (TPSA) is 0 Å². The van der Waals surface area contributed by atoms with E-state index >= 15 is 0 Å². The van der Waals surface area contributed by atoms with E-state index in [0.29, 0.717) is 0 Å². The molecule has 0 heterocycles. The summed E-state index contributed by atoms with van der Waals surface area (Å²) in [6.07, 6.45) is 3.73. The summed E-state index contributed by atoms with van der Waals surface area (Å²) in [6, 6.07) is 23.3. The number of allylic oxidation sites excluding steroid dienone is 1. The highest BCUT2D eigenvalue weighted by Crippen LogP contribution is 2.09. The van der Waals surface area contributed by atoms with Crippen LogP contribution in [0.15, 0.2) is 72.8 Å². The van der Waals surface area contributed by atoms with Gasteiger partial charge in [0.05, 0.1) is 0 Å². The van der Waals surface area contributed by atoms with E-state index in [1.54, 1.807) is 0 Å². The largest absolute Gasteiger partial charge is 0.121 e. The molecule has 0 nitrogen and oxygen atoms in total. The minimum Gasteiger partial charge on any atom is -0.100 e. The predicted molar refractivity (Wildman–Crippen MR) is 91.4 cm³/mol. The van der Waals surface area contributed by atoms with Crippen molar-refractivity contribution in [3.63, 3.8) is 0 Å². The summed E-state index contributed by atoms with van der Waals surface area (Å²) in [5.74, 6) is 0. The predicted octanol–water partition coefficient (Wildman–Crippen LogP) is 4.04. The lowest BCUT2D eigenvalue weighted by Crippen LogP contribution is -2.41. The van der Waals surface area contributed by atoms with Gasteiger partial charge < -0.3 is 0 Å². The van der Waals surface area contributed by atoms with Crippen molar-refractivity contribution in [2.75, 3.05) is 0 Å². The van der Waals surface area contributed by atoms with Gasteiger partial charge in [0, 0.05) is 0 Å². The molecular weight excluding hydrogens is 256 g/mol. The van der Waals surface area contributed by atoms with Crippen LogP contribution in [-0.4, -0.2) is 8.80 Å². The van der Waals surface area contributed by atoms with E-state index in [-0.39, 0.29) is 0 Å². The van der Waals surface area contributed by atoms with Crippen molar-refractivity contribution in [1.82, 2.24) is 0 Å². The average molecular weight is 279 g/mol. The van der Waals surface area contributed by atoms with Crippen LogP contribution in [0.5, 0.6) is 0 Å². The summed E-state index contributed by atoms with van der Waals surface area (Å²) in [5, 5.41) is 3.05. The first-order valence-corrected chi connectivity index (χ1v) is 9.09. The van der Waals surface area contributed by atoms with E-state index in [1.807, 2.05) is 0 Å². The fraction of sp³-hybridized carbons (Fsp3) is 0.263. The van der Waals surface area contributed by atoms with Crippen molar-refractivity contribution in [3.8, 4) is 0 Å². The molecule has 0 aliphatic carbocycles. The molecule has 0 spiro atoms. The van der Waals surface area contributed by atoms with Gasteiger partial charge in [-0.2, -0.15) is 0 Å². The van der Waals surface area contributed by atoms with Crippen molar-refractivity contribution in [2.45, 2.75) is 32.2 Å². The Bertz CT molecular complexity index is 476. The first-order chi connectivity index (χ1) is 9.77. The number of unbranched alkanes of at least 4 members (excludes halogenated alkanes) is 1. The molecule has 1 heteroatoms. The van der Waals surface area contributed by atoms with Crippen molar-refractivity contribution in [2.24, 2.45) is 0 Å². The van der Waals surface area contributed by atoms with Gasteiger partial charge in [0.1, 0.15) is 8.80 Å². The Kier molecular flexibility index (Phi) is 5.81. The molecule has 0 N–H and O–H groups in total. The molecule has 0 aromatic heterocycles. The molecular formula is C19H23Si. The molecule has 0 unspecified atom stereocenters. The lowest BCUT2D eigenvalue weighted by molar-refractivity contribution is 0.785. The highest BCUT2D eigenvalue weighted by atomic mass is 28.3. The van der Waals surface area contributed by atoms with Gasteiger partial charge in [-0.05, 0) is 19.8 Å². The first-order valence-electron chi connectivity index (χ1n) is 7.38. The van der Waals surface area contributed by atoms with Crippen LogP contribution in [0.1, 0.15) is 26.2 Å². The van der Waals surface area contributed by atoms with Crippen molar-refractivity contribution >= 4 is 19.2 Å². The molecule has 0 bridgehead atoms. The standard InChI is InChI=1S/C19H23Si/c1-17(2)11-9-10-16-20(18-12-5-3-6-13-18)19-14-7-4-8-15-19/h3-8,12-15H,1,9-11,16H2,2H3. The number of benzene rings is 2. The first kappa shape index (κ1) is 14.8. The van der Waals surface area contributed by atoms with Gasteiger partial charge in [0.25, 0.3) is 0 Å². The lowest BCUT2D eigenvalue weighted by atomic mass is 10.2. The van der Waals surface area contributed by atoms with Crippen LogP contribution in [-0.2, 0) is 0 Å². The molecule has 103 valence electrons. The fourth-order valence-corrected chi connectivity index (χ4v) is 5.17. The summed E-state index contributed by atoms with van der Waals surface area (Å²) < 4.78 is 0. The van der Waals surface area contributed by atoms with E-state index in [1.165, 1.54) is 41.3 Å². The summed E-state index contributed by atoms with van der Waals surface area (Å²) >= 11 is 0. The van der Waals surface area contributed by atoms with Crippen LogP contribution in [0.2, 0.25) is 6.04 Å². The Labute approximate surface area is 124 Å². The second-order valence-corrected chi connectivity index (χ2v) is 7.99. The summed E-state index contributed by atoms with van der Waals surface area (Å²) in [7, 11) is -0.627. The van der Waals surface area contributed by atoms with E-state index < -0.39 is 8.80 Å². The molecule has 1 radical (unpaired) electrons. The van der Waals surface area contributed by atoms with Crippen molar-refractivity contribution < 1.29 is 0 Å². The van der Waals surface area contributed by atoms with Gasteiger partial charge in [-0.25, -0.2) is 0 Å². The molecule has 0 aliphatic heterocycles. The zero-order valence-electron chi connectivity index (χ0n) is 12.3. The minimum absolute atomic E-state index is 0.627. The molecule has 0 saturated heterocycles. The van der Waals surface area contributed by atoms with Gasteiger partial charge in [-0.1, -0.05) is 89.1 Å². The molecule has 20 heavy (non-hydrogen) atoms. The average Bonchev–Trinajstić information content (AvgIpc) is 2.49. The van der Waals surface area contributed by atoms with Gasteiger partial charge in [0.15, 0.2) is 0 Å². The zero-order valence-corrected chi connectivity index (χ0v) is 13.3. The van der Waals surface area contributed by atoms with Gasteiger partial charge >= 0.3 is 0 Å². The second kappa shape index (κ2) is 7.86. The van der Waals surface area contributed by atoms with Gasteiger partial charge in [0.2, 0.25) is 0 Å². The molecule has 0 atom stereocenters. The Morgan fingerprint density at radius 3 is 1.80 bits per heavy atom. The molecule has 0 aliphatic rings. The van der Waals surface area contributed by atoms with Gasteiger partial charge in [-0.15, -0.1) is 6.58 Å². The second-order valence-electron chi connectivity index (χ2n) is 5.37. The van der Waals surface area contributed by atoms with E-state index in [9.17, 15) is 0 Å². The molecule has 2 aromatic carbocycles. The zero-order chi connectivity index (χ0) is 14.2. The third-order valence-electron chi connectivity index (χ3n) is 3.52. The van der Waals surface area contributed by atoms with Crippen LogP contribution >= 0.6 is 0 Å². The molecule has 0 amide bonds. The van der Waals surface area contributed by atoms with E-state index in [4.69, 9.17) is 0 Å². The molecule has 2 aromatic rings. The Morgan fingerprint density at radius 2 is 1.35 bits per heavy atom. The van der Waals surface area contributed by atoms with Crippen molar-refractivity contribution in [3.05, 3.63) is 72.8 Å². The maximum atomic E-state index is 4.00. The fourth-order valence-electron chi connectivity index (χ4n) is 2.46. The third kappa shape index (κ3) is 4.50. The summed E-state index contributed by atoms with van der Waals surface area (Å²) in [4.78, 5) is 0. The Morgan fingerprint density at radius 1 is 0.850 bits per heavy atom. The summed E-state index contributed by atoms with van der Waals surface area (Å²) in [6.45, 7) is 6.12.